The summed E-state index contributed by atoms with van der Waals surface area (Å²) in [5, 5.41) is 8.62. The Labute approximate surface area is 167 Å². The van der Waals surface area contributed by atoms with Crippen LogP contribution in [0.3, 0.4) is 0 Å². The van der Waals surface area contributed by atoms with Crippen LogP contribution in [0.1, 0.15) is 31.2 Å². The number of nitrogens with zero attached hydrogens (tertiary/aromatic N) is 2. The molecule has 0 saturated carbocycles. The zero-order chi connectivity index (χ0) is 19.8. The van der Waals surface area contributed by atoms with E-state index >= 15 is 0 Å². The molecule has 2 rings (SSSR count). The van der Waals surface area contributed by atoms with Gasteiger partial charge in [-0.1, -0.05) is 6.07 Å². The SMILES string of the molecule is Cc1ccc(OCCC(=O)N2CCN(C(=O)CCCC(=O)O)CC2)c(Br)c1. The number of carbonyl (C=O) groups excluding carboxylic acids is 2. The van der Waals surface area contributed by atoms with Gasteiger partial charge in [0.25, 0.3) is 0 Å². The molecule has 0 aromatic heterocycles. The molecule has 0 spiro atoms. The smallest absolute Gasteiger partial charge is 0.303 e. The highest BCUT2D eigenvalue weighted by Gasteiger charge is 2.23. The minimum atomic E-state index is -0.891. The van der Waals surface area contributed by atoms with Crippen molar-refractivity contribution >= 4 is 33.7 Å². The second-order valence-electron chi connectivity index (χ2n) is 6.54. The van der Waals surface area contributed by atoms with E-state index in [-0.39, 0.29) is 31.1 Å². The van der Waals surface area contributed by atoms with Gasteiger partial charge in [-0.05, 0) is 47.0 Å². The predicted molar refractivity (Wildman–Crippen MR) is 104 cm³/mol. The molecule has 1 aliphatic heterocycles. The molecule has 27 heavy (non-hydrogen) atoms. The molecule has 1 aromatic carbocycles. The fraction of sp³-hybridized carbons (Fsp3) is 0.526. The topological polar surface area (TPSA) is 87.2 Å². The van der Waals surface area contributed by atoms with Crippen molar-refractivity contribution < 1.29 is 24.2 Å². The number of aliphatic carboxylic acids is 1. The van der Waals surface area contributed by atoms with E-state index < -0.39 is 5.97 Å². The molecular weight excluding hydrogens is 416 g/mol. The molecule has 1 aliphatic rings. The molecule has 8 heteroatoms. The zero-order valence-corrected chi connectivity index (χ0v) is 17.0. The van der Waals surface area contributed by atoms with Crippen molar-refractivity contribution in [2.45, 2.75) is 32.6 Å². The normalized spacial score (nSPS) is 14.1. The van der Waals surface area contributed by atoms with Crippen molar-refractivity contribution in [2.75, 3.05) is 32.8 Å². The first-order valence-corrected chi connectivity index (χ1v) is 9.82. The summed E-state index contributed by atoms with van der Waals surface area (Å²) in [6.07, 6.45) is 0.868. The molecule has 1 N–H and O–H groups in total. The highest BCUT2D eigenvalue weighted by Crippen LogP contribution is 2.25. The van der Waals surface area contributed by atoms with Gasteiger partial charge in [0.05, 0.1) is 17.5 Å². The van der Waals surface area contributed by atoms with Crippen LogP contribution in [0.5, 0.6) is 5.75 Å². The Morgan fingerprint density at radius 3 is 2.19 bits per heavy atom. The van der Waals surface area contributed by atoms with Gasteiger partial charge >= 0.3 is 5.97 Å². The summed E-state index contributed by atoms with van der Waals surface area (Å²) < 4.78 is 6.54. The van der Waals surface area contributed by atoms with E-state index in [0.29, 0.717) is 45.0 Å². The van der Waals surface area contributed by atoms with E-state index in [2.05, 4.69) is 15.9 Å². The summed E-state index contributed by atoms with van der Waals surface area (Å²) in [6, 6.07) is 5.79. The molecule has 0 bridgehead atoms. The molecule has 0 unspecified atom stereocenters. The maximum atomic E-state index is 12.3. The van der Waals surface area contributed by atoms with Gasteiger partial charge in [0.15, 0.2) is 0 Å². The van der Waals surface area contributed by atoms with Crippen LogP contribution >= 0.6 is 15.9 Å². The molecule has 2 amide bonds. The molecule has 0 radical (unpaired) electrons. The fourth-order valence-electron chi connectivity index (χ4n) is 2.88. The Hall–Kier alpha value is -2.09. The minimum Gasteiger partial charge on any atom is -0.492 e. The summed E-state index contributed by atoms with van der Waals surface area (Å²) in [5.74, 6) is -0.213. The van der Waals surface area contributed by atoms with Gasteiger partial charge in [-0.25, -0.2) is 0 Å². The van der Waals surface area contributed by atoms with Crippen LogP contribution < -0.4 is 4.74 Å². The van der Waals surface area contributed by atoms with Gasteiger partial charge < -0.3 is 19.6 Å². The van der Waals surface area contributed by atoms with Gasteiger partial charge in [-0.15, -0.1) is 0 Å². The summed E-state index contributed by atoms with van der Waals surface area (Å²) in [4.78, 5) is 38.3. The summed E-state index contributed by atoms with van der Waals surface area (Å²) >= 11 is 3.45. The van der Waals surface area contributed by atoms with Gasteiger partial charge in [-0.3, -0.25) is 14.4 Å². The molecule has 0 atom stereocenters. The number of carboxylic acids is 1. The average Bonchev–Trinajstić information content (AvgIpc) is 2.63. The number of halogens is 1. The monoisotopic (exact) mass is 440 g/mol. The van der Waals surface area contributed by atoms with Crippen molar-refractivity contribution in [3.63, 3.8) is 0 Å². The number of carboxylic acid groups (broad SMARTS) is 1. The quantitative estimate of drug-likeness (QED) is 0.670. The lowest BCUT2D eigenvalue weighted by Crippen LogP contribution is -2.50. The van der Waals surface area contributed by atoms with Crippen molar-refractivity contribution in [1.29, 1.82) is 0 Å². The highest BCUT2D eigenvalue weighted by atomic mass is 79.9. The number of benzene rings is 1. The number of piperazine rings is 1. The lowest BCUT2D eigenvalue weighted by molar-refractivity contribution is -0.140. The largest absolute Gasteiger partial charge is 0.492 e. The Kier molecular flexibility index (Phi) is 8.09. The molecular formula is C19H25BrN2O5. The highest BCUT2D eigenvalue weighted by molar-refractivity contribution is 9.10. The molecule has 1 saturated heterocycles. The summed E-state index contributed by atoms with van der Waals surface area (Å²) in [6.45, 7) is 4.27. The molecule has 148 valence electrons. The van der Waals surface area contributed by atoms with E-state index in [0.717, 1.165) is 10.0 Å². The number of rotatable bonds is 8. The molecule has 7 nitrogen and oxygen atoms in total. The minimum absolute atomic E-state index is 0.00128. The Bertz CT molecular complexity index is 687. The van der Waals surface area contributed by atoms with E-state index in [4.69, 9.17) is 9.84 Å². The number of hydrogen-bond acceptors (Lipinski definition) is 4. The van der Waals surface area contributed by atoms with E-state index in [1.807, 2.05) is 25.1 Å². The van der Waals surface area contributed by atoms with Crippen molar-refractivity contribution in [1.82, 2.24) is 9.80 Å². The number of ether oxygens (including phenoxy) is 1. The van der Waals surface area contributed by atoms with Gasteiger partial charge in [0, 0.05) is 39.0 Å². The standard InChI is InChI=1S/C19H25BrN2O5/c1-14-5-6-16(15(20)13-14)27-12-7-18(24)22-10-8-21(9-11-22)17(23)3-2-4-19(25)26/h5-6,13H,2-4,7-12H2,1H3,(H,25,26). The Morgan fingerprint density at radius 2 is 1.63 bits per heavy atom. The van der Waals surface area contributed by atoms with Crippen molar-refractivity contribution in [3.05, 3.63) is 28.2 Å². The number of aryl methyl sites for hydroxylation is 1. The van der Waals surface area contributed by atoms with Crippen LogP contribution in [0.15, 0.2) is 22.7 Å². The molecule has 0 aliphatic carbocycles. The first-order chi connectivity index (χ1) is 12.9. The average molecular weight is 441 g/mol. The Morgan fingerprint density at radius 1 is 1.04 bits per heavy atom. The molecule has 1 fully saturated rings. The van der Waals surface area contributed by atoms with Crippen LogP contribution in [0.2, 0.25) is 0 Å². The number of carbonyl (C=O) groups is 3. The Balaban J connectivity index is 1.68. The van der Waals surface area contributed by atoms with E-state index in [1.54, 1.807) is 9.80 Å². The van der Waals surface area contributed by atoms with Crippen LogP contribution in [0.4, 0.5) is 0 Å². The molecule has 1 aromatic rings. The van der Waals surface area contributed by atoms with Crippen molar-refractivity contribution in [3.8, 4) is 5.75 Å². The maximum Gasteiger partial charge on any atom is 0.303 e. The summed E-state index contributed by atoms with van der Waals surface area (Å²) in [5.41, 5.74) is 1.13. The second kappa shape index (κ2) is 10.3. The third-order valence-corrected chi connectivity index (χ3v) is 5.05. The fourth-order valence-corrected chi connectivity index (χ4v) is 3.49. The van der Waals surface area contributed by atoms with Gasteiger partial charge in [0.1, 0.15) is 5.75 Å². The molecule has 1 heterocycles. The van der Waals surface area contributed by atoms with E-state index in [9.17, 15) is 14.4 Å². The first kappa shape index (κ1) is 21.2. The van der Waals surface area contributed by atoms with Crippen LogP contribution in [-0.2, 0) is 14.4 Å². The number of hydrogen-bond donors (Lipinski definition) is 1. The predicted octanol–water partition coefficient (Wildman–Crippen LogP) is 2.45. The van der Waals surface area contributed by atoms with Crippen LogP contribution in [0, 0.1) is 6.92 Å². The van der Waals surface area contributed by atoms with Crippen LogP contribution in [-0.4, -0.2) is 65.5 Å². The third-order valence-electron chi connectivity index (χ3n) is 4.43. The number of amides is 2. The maximum absolute atomic E-state index is 12.3. The lowest BCUT2D eigenvalue weighted by atomic mass is 10.2. The lowest BCUT2D eigenvalue weighted by Gasteiger charge is -2.35. The van der Waals surface area contributed by atoms with Gasteiger partial charge in [0.2, 0.25) is 11.8 Å². The van der Waals surface area contributed by atoms with Crippen LogP contribution in [0.25, 0.3) is 0 Å². The first-order valence-electron chi connectivity index (χ1n) is 9.03. The van der Waals surface area contributed by atoms with Crippen molar-refractivity contribution in [2.24, 2.45) is 0 Å². The zero-order valence-electron chi connectivity index (χ0n) is 15.4. The van der Waals surface area contributed by atoms with E-state index in [1.165, 1.54) is 0 Å². The summed E-state index contributed by atoms with van der Waals surface area (Å²) in [7, 11) is 0. The van der Waals surface area contributed by atoms with Gasteiger partial charge in [-0.2, -0.15) is 0 Å². The second-order valence-corrected chi connectivity index (χ2v) is 7.40. The third kappa shape index (κ3) is 6.86.